The molecule has 0 spiro atoms. The fraction of sp³-hybridized carbons (Fsp3) is 0.125. The van der Waals surface area contributed by atoms with Crippen molar-refractivity contribution in [1.82, 2.24) is 14.6 Å². The maximum absolute atomic E-state index is 10.7. The first-order valence-electron chi connectivity index (χ1n) is 4.07. The van der Waals surface area contributed by atoms with Crippen LogP contribution in [0.4, 0.5) is 0 Å². The van der Waals surface area contributed by atoms with E-state index in [9.17, 15) is 4.79 Å². The maximum atomic E-state index is 10.7. The van der Waals surface area contributed by atoms with Gasteiger partial charge in [-0.25, -0.2) is 9.50 Å². The van der Waals surface area contributed by atoms with Gasteiger partial charge in [-0.3, -0.25) is 4.79 Å². The third kappa shape index (κ3) is 1.71. The Morgan fingerprint density at radius 2 is 2.33 bits per heavy atom. The van der Waals surface area contributed by atoms with Crippen LogP contribution in [0.2, 0.25) is 0 Å². The van der Waals surface area contributed by atoms with Crippen LogP contribution in [0.15, 0.2) is 23.1 Å². The Bertz CT molecular complexity index is 524. The second-order valence-electron chi connectivity index (χ2n) is 2.96. The molecule has 0 aromatic carbocycles. The van der Waals surface area contributed by atoms with Crippen LogP contribution >= 0.6 is 15.9 Å². The van der Waals surface area contributed by atoms with Crippen molar-refractivity contribution < 1.29 is 9.90 Å². The Hall–Kier alpha value is -1.47. The molecule has 2 aromatic heterocycles. The van der Waals surface area contributed by atoms with Gasteiger partial charge in [0, 0.05) is 18.0 Å². The van der Waals surface area contributed by atoms with Gasteiger partial charge in [0.15, 0.2) is 5.65 Å². The summed E-state index contributed by atoms with van der Waals surface area (Å²) in [6.45, 7) is 0. The standard InChI is InChI=1S/C8H7BrN4O2/c9-4-1-11-7-5(6(10)8(14)15)2-12-13(7)3-4/h1-3,6H,10H2,(H,14,15). The summed E-state index contributed by atoms with van der Waals surface area (Å²) >= 11 is 3.24. The van der Waals surface area contributed by atoms with Crippen LogP contribution in [0.3, 0.4) is 0 Å². The van der Waals surface area contributed by atoms with Gasteiger partial charge < -0.3 is 10.8 Å². The second kappa shape index (κ2) is 3.59. The van der Waals surface area contributed by atoms with Crippen LogP contribution in [0, 0.1) is 0 Å². The monoisotopic (exact) mass is 270 g/mol. The number of nitrogens with two attached hydrogens (primary N) is 1. The molecule has 0 aliphatic rings. The summed E-state index contributed by atoms with van der Waals surface area (Å²) in [5, 5.41) is 12.7. The Labute approximate surface area is 92.9 Å². The van der Waals surface area contributed by atoms with Crippen molar-refractivity contribution in [1.29, 1.82) is 0 Å². The van der Waals surface area contributed by atoms with Crippen LogP contribution in [0.5, 0.6) is 0 Å². The molecule has 0 aliphatic heterocycles. The highest BCUT2D eigenvalue weighted by molar-refractivity contribution is 9.10. The van der Waals surface area contributed by atoms with Gasteiger partial charge in [0.05, 0.1) is 10.7 Å². The summed E-state index contributed by atoms with van der Waals surface area (Å²) in [5.41, 5.74) is 6.33. The van der Waals surface area contributed by atoms with E-state index < -0.39 is 12.0 Å². The molecule has 6 nitrogen and oxygen atoms in total. The van der Waals surface area contributed by atoms with Crippen molar-refractivity contribution in [2.24, 2.45) is 5.73 Å². The molecule has 0 amide bonds. The van der Waals surface area contributed by atoms with E-state index in [-0.39, 0.29) is 0 Å². The molecular formula is C8H7BrN4O2. The highest BCUT2D eigenvalue weighted by atomic mass is 79.9. The minimum absolute atomic E-state index is 0.398. The van der Waals surface area contributed by atoms with Crippen LogP contribution in [0.25, 0.3) is 5.65 Å². The van der Waals surface area contributed by atoms with Crippen molar-refractivity contribution in [2.45, 2.75) is 6.04 Å². The second-order valence-corrected chi connectivity index (χ2v) is 3.87. The van der Waals surface area contributed by atoms with E-state index in [0.717, 1.165) is 4.47 Å². The maximum Gasteiger partial charge on any atom is 0.325 e. The van der Waals surface area contributed by atoms with E-state index >= 15 is 0 Å². The highest BCUT2D eigenvalue weighted by Gasteiger charge is 2.19. The average molecular weight is 271 g/mol. The number of carbonyl (C=O) groups is 1. The van der Waals surface area contributed by atoms with Crippen LogP contribution in [0.1, 0.15) is 11.6 Å². The molecule has 0 fully saturated rings. The third-order valence-corrected chi connectivity index (χ3v) is 2.36. The number of fused-ring (bicyclic) bond motifs is 1. The summed E-state index contributed by atoms with van der Waals surface area (Å²) in [5.74, 6) is -1.10. The number of aromatic nitrogens is 3. The normalized spacial score (nSPS) is 12.9. The van der Waals surface area contributed by atoms with Crippen LogP contribution < -0.4 is 5.73 Å². The summed E-state index contributed by atoms with van der Waals surface area (Å²) < 4.78 is 2.23. The molecule has 7 heteroatoms. The first-order chi connectivity index (χ1) is 7.09. The topological polar surface area (TPSA) is 93.5 Å². The molecule has 0 saturated carbocycles. The molecule has 0 radical (unpaired) electrons. The van der Waals surface area contributed by atoms with Crippen molar-refractivity contribution in [3.05, 3.63) is 28.6 Å². The molecule has 0 aliphatic carbocycles. The zero-order chi connectivity index (χ0) is 11.0. The van der Waals surface area contributed by atoms with E-state index in [1.165, 1.54) is 10.7 Å². The summed E-state index contributed by atoms with van der Waals surface area (Å²) in [4.78, 5) is 14.8. The number of halogens is 1. The van der Waals surface area contributed by atoms with Crippen molar-refractivity contribution in [3.63, 3.8) is 0 Å². The Morgan fingerprint density at radius 1 is 1.60 bits per heavy atom. The van der Waals surface area contributed by atoms with Gasteiger partial charge in [-0.05, 0) is 15.9 Å². The van der Waals surface area contributed by atoms with E-state index in [2.05, 4.69) is 26.0 Å². The fourth-order valence-corrected chi connectivity index (χ4v) is 1.52. The van der Waals surface area contributed by atoms with Crippen LogP contribution in [-0.2, 0) is 4.79 Å². The molecule has 2 aromatic rings. The smallest absolute Gasteiger partial charge is 0.325 e. The molecule has 0 bridgehead atoms. The molecule has 78 valence electrons. The minimum atomic E-state index is -1.10. The number of nitrogens with zero attached hydrogens (tertiary/aromatic N) is 3. The molecule has 1 unspecified atom stereocenters. The van der Waals surface area contributed by atoms with Crippen molar-refractivity contribution in [3.8, 4) is 0 Å². The van der Waals surface area contributed by atoms with Gasteiger partial charge in [0.2, 0.25) is 0 Å². The van der Waals surface area contributed by atoms with Gasteiger partial charge in [-0.2, -0.15) is 5.10 Å². The van der Waals surface area contributed by atoms with Gasteiger partial charge in [-0.1, -0.05) is 0 Å². The fourth-order valence-electron chi connectivity index (χ4n) is 1.22. The predicted octanol–water partition coefficient (Wildman–Crippen LogP) is 0.576. The lowest BCUT2D eigenvalue weighted by Gasteiger charge is -2.02. The lowest BCUT2D eigenvalue weighted by Crippen LogP contribution is -2.20. The molecule has 0 saturated heterocycles. The first kappa shape index (κ1) is 10.1. The number of hydrogen-bond donors (Lipinski definition) is 2. The van der Waals surface area contributed by atoms with E-state index in [0.29, 0.717) is 11.2 Å². The Kier molecular flexibility index (Phi) is 2.41. The number of hydrogen-bond acceptors (Lipinski definition) is 4. The number of carboxylic acid groups (broad SMARTS) is 1. The molecule has 2 rings (SSSR count). The Morgan fingerprint density at radius 3 is 3.00 bits per heavy atom. The van der Waals surface area contributed by atoms with E-state index in [1.807, 2.05) is 0 Å². The zero-order valence-corrected chi connectivity index (χ0v) is 9.05. The summed E-state index contributed by atoms with van der Waals surface area (Å²) in [6.07, 6.45) is 4.66. The van der Waals surface area contributed by atoms with Gasteiger partial charge >= 0.3 is 5.97 Å². The van der Waals surface area contributed by atoms with Gasteiger partial charge in [0.25, 0.3) is 0 Å². The predicted molar refractivity (Wildman–Crippen MR) is 55.3 cm³/mol. The molecular weight excluding hydrogens is 264 g/mol. The lowest BCUT2D eigenvalue weighted by molar-refractivity contribution is -0.138. The van der Waals surface area contributed by atoms with Crippen molar-refractivity contribution >= 4 is 27.5 Å². The summed E-state index contributed by atoms with van der Waals surface area (Å²) in [6, 6.07) is -1.10. The first-order valence-corrected chi connectivity index (χ1v) is 4.86. The minimum Gasteiger partial charge on any atom is -0.480 e. The van der Waals surface area contributed by atoms with Crippen molar-refractivity contribution in [2.75, 3.05) is 0 Å². The lowest BCUT2D eigenvalue weighted by atomic mass is 10.2. The number of aliphatic carboxylic acids is 1. The van der Waals surface area contributed by atoms with Gasteiger partial charge in [0.1, 0.15) is 6.04 Å². The van der Waals surface area contributed by atoms with Gasteiger partial charge in [-0.15, -0.1) is 0 Å². The van der Waals surface area contributed by atoms with Crippen LogP contribution in [-0.4, -0.2) is 25.7 Å². The highest BCUT2D eigenvalue weighted by Crippen LogP contribution is 2.17. The van der Waals surface area contributed by atoms with E-state index in [4.69, 9.17) is 10.8 Å². The molecule has 2 heterocycles. The molecule has 15 heavy (non-hydrogen) atoms. The largest absolute Gasteiger partial charge is 0.480 e. The molecule has 1 atom stereocenters. The zero-order valence-electron chi connectivity index (χ0n) is 7.46. The SMILES string of the molecule is NC(C(=O)O)c1cnn2cc(Br)cnc12. The third-order valence-electron chi connectivity index (χ3n) is 1.95. The summed E-state index contributed by atoms with van der Waals surface area (Å²) in [7, 11) is 0. The molecule has 3 N–H and O–H groups in total. The average Bonchev–Trinajstić information content (AvgIpc) is 2.59. The number of carboxylic acids is 1. The quantitative estimate of drug-likeness (QED) is 0.833. The Balaban J connectivity index is 2.59. The number of rotatable bonds is 2. The van der Waals surface area contributed by atoms with E-state index in [1.54, 1.807) is 12.4 Å².